The second-order valence-electron chi connectivity index (χ2n) is 9.68. The summed E-state index contributed by atoms with van der Waals surface area (Å²) in [6, 6.07) is 0. The summed E-state index contributed by atoms with van der Waals surface area (Å²) in [5.41, 5.74) is 0.639. The number of hydrogen-bond acceptors (Lipinski definition) is 1. The topological polar surface area (TPSA) is 3.24 Å². The lowest BCUT2D eigenvalue weighted by Crippen LogP contribution is -2.58. The fourth-order valence-corrected chi connectivity index (χ4v) is 7.70. The van der Waals surface area contributed by atoms with E-state index >= 15 is 0 Å². The largest absolute Gasteiger partial charge is 0.297 e. The molecular weight excluding hydrogens is 290 g/mol. The first kappa shape index (κ1) is 17.4. The van der Waals surface area contributed by atoms with Crippen molar-refractivity contribution >= 4 is 0 Å². The van der Waals surface area contributed by atoms with Gasteiger partial charge in [0.15, 0.2) is 0 Å². The Morgan fingerprint density at radius 2 is 1.62 bits per heavy atom. The number of rotatable bonds is 6. The molecule has 138 valence electrons. The van der Waals surface area contributed by atoms with Crippen molar-refractivity contribution in [1.29, 1.82) is 0 Å². The number of likely N-dealkylation sites (tertiary alicyclic amines) is 1. The minimum atomic E-state index is 0.639. The van der Waals surface area contributed by atoms with Crippen LogP contribution in [0.2, 0.25) is 0 Å². The summed E-state index contributed by atoms with van der Waals surface area (Å²) in [6.07, 6.45) is 22.8. The van der Waals surface area contributed by atoms with Gasteiger partial charge in [-0.2, -0.15) is 0 Å². The van der Waals surface area contributed by atoms with Crippen molar-refractivity contribution in [3.63, 3.8) is 0 Å². The van der Waals surface area contributed by atoms with Crippen LogP contribution in [0.25, 0.3) is 0 Å². The number of unbranched alkanes of at least 4 members (excludes halogenated alkanes) is 2. The van der Waals surface area contributed by atoms with Crippen LogP contribution >= 0.6 is 0 Å². The summed E-state index contributed by atoms with van der Waals surface area (Å²) in [5, 5.41) is 0. The van der Waals surface area contributed by atoms with Crippen LogP contribution in [0, 0.1) is 23.7 Å². The normalized spacial score (nSPS) is 41.1. The average Bonchev–Trinajstić information content (AvgIpc) is 3.33. The number of piperidine rings is 1. The predicted octanol–water partition coefficient (Wildman–Crippen LogP) is 6.42. The second-order valence-corrected chi connectivity index (χ2v) is 9.68. The predicted molar refractivity (Wildman–Crippen MR) is 103 cm³/mol. The Kier molecular flexibility index (Phi) is 5.56. The number of hydrogen-bond donors (Lipinski definition) is 0. The van der Waals surface area contributed by atoms with E-state index in [1.54, 1.807) is 44.9 Å². The van der Waals surface area contributed by atoms with Crippen LogP contribution < -0.4 is 0 Å². The molecule has 1 saturated heterocycles. The molecule has 3 aliphatic carbocycles. The van der Waals surface area contributed by atoms with Gasteiger partial charge in [-0.1, -0.05) is 58.3 Å². The molecule has 0 radical (unpaired) electrons. The van der Waals surface area contributed by atoms with E-state index in [4.69, 9.17) is 0 Å². The third-order valence-electron chi connectivity index (χ3n) is 8.59. The highest BCUT2D eigenvalue weighted by Gasteiger charge is 2.59. The summed E-state index contributed by atoms with van der Waals surface area (Å²) < 4.78 is 0. The number of nitrogens with zero attached hydrogens (tertiary/aromatic N) is 1. The van der Waals surface area contributed by atoms with Crippen LogP contribution in [0.1, 0.15) is 103 Å². The van der Waals surface area contributed by atoms with Gasteiger partial charge in [-0.25, -0.2) is 0 Å². The third kappa shape index (κ3) is 2.97. The average molecular weight is 332 g/mol. The quantitative estimate of drug-likeness (QED) is 0.508. The molecule has 0 aromatic carbocycles. The molecule has 0 amide bonds. The van der Waals surface area contributed by atoms with E-state index in [2.05, 4.69) is 11.8 Å². The van der Waals surface area contributed by atoms with E-state index in [0.717, 1.165) is 23.7 Å². The molecule has 0 aromatic rings. The van der Waals surface area contributed by atoms with Gasteiger partial charge in [-0.3, -0.25) is 4.90 Å². The molecule has 1 heteroatoms. The molecule has 4 atom stereocenters. The molecule has 1 heterocycles. The molecular formula is C23H41N. The molecule has 1 aliphatic heterocycles. The minimum absolute atomic E-state index is 0.639. The van der Waals surface area contributed by atoms with E-state index in [1.807, 2.05) is 0 Å². The van der Waals surface area contributed by atoms with Crippen molar-refractivity contribution in [1.82, 2.24) is 4.90 Å². The van der Waals surface area contributed by atoms with E-state index in [-0.39, 0.29) is 0 Å². The van der Waals surface area contributed by atoms with Crippen LogP contribution in [-0.4, -0.2) is 23.5 Å². The van der Waals surface area contributed by atoms with Gasteiger partial charge in [0.1, 0.15) is 0 Å². The highest BCUT2D eigenvalue weighted by Crippen LogP contribution is 2.61. The third-order valence-corrected chi connectivity index (χ3v) is 8.59. The zero-order valence-corrected chi connectivity index (χ0v) is 16.3. The maximum Gasteiger partial charge on any atom is 0.0271 e. The molecule has 4 rings (SSSR count). The Bertz CT molecular complexity index is 393. The van der Waals surface area contributed by atoms with Crippen LogP contribution in [0.3, 0.4) is 0 Å². The van der Waals surface area contributed by atoms with Gasteiger partial charge in [-0.05, 0) is 81.7 Å². The molecule has 1 unspecified atom stereocenters. The lowest BCUT2D eigenvalue weighted by atomic mass is 9.68. The van der Waals surface area contributed by atoms with Gasteiger partial charge in [0.2, 0.25) is 0 Å². The SMILES string of the molecule is CCCCC[C@H]1[C@@H]2CCC[C@@H]2CC1(C1CCCC1)N1CCCCC1. The van der Waals surface area contributed by atoms with E-state index < -0.39 is 0 Å². The van der Waals surface area contributed by atoms with Gasteiger partial charge in [-0.15, -0.1) is 0 Å². The highest BCUT2D eigenvalue weighted by molar-refractivity contribution is 5.12. The fourth-order valence-electron chi connectivity index (χ4n) is 7.70. The molecule has 4 fully saturated rings. The molecule has 0 aromatic heterocycles. The molecule has 24 heavy (non-hydrogen) atoms. The Balaban J connectivity index is 1.63. The van der Waals surface area contributed by atoms with Crippen LogP contribution in [-0.2, 0) is 0 Å². The van der Waals surface area contributed by atoms with E-state index in [0.29, 0.717) is 5.54 Å². The van der Waals surface area contributed by atoms with Crippen LogP contribution in [0.15, 0.2) is 0 Å². The van der Waals surface area contributed by atoms with Gasteiger partial charge in [0.05, 0.1) is 0 Å². The van der Waals surface area contributed by atoms with Crippen molar-refractivity contribution in [2.45, 2.75) is 109 Å². The summed E-state index contributed by atoms with van der Waals surface area (Å²) in [4.78, 5) is 3.10. The second kappa shape index (κ2) is 7.68. The van der Waals surface area contributed by atoms with Gasteiger partial charge < -0.3 is 0 Å². The first-order valence-corrected chi connectivity index (χ1v) is 11.6. The van der Waals surface area contributed by atoms with Crippen LogP contribution in [0.5, 0.6) is 0 Å². The van der Waals surface area contributed by atoms with Crippen molar-refractivity contribution in [2.75, 3.05) is 13.1 Å². The summed E-state index contributed by atoms with van der Waals surface area (Å²) in [7, 11) is 0. The lowest BCUT2D eigenvalue weighted by molar-refractivity contribution is -0.0271. The van der Waals surface area contributed by atoms with Gasteiger partial charge in [0, 0.05) is 5.54 Å². The van der Waals surface area contributed by atoms with Gasteiger partial charge >= 0.3 is 0 Å². The van der Waals surface area contributed by atoms with E-state index in [9.17, 15) is 0 Å². The maximum atomic E-state index is 3.10. The highest BCUT2D eigenvalue weighted by atomic mass is 15.2. The molecule has 4 aliphatic rings. The van der Waals surface area contributed by atoms with E-state index in [1.165, 1.54) is 64.5 Å². The minimum Gasteiger partial charge on any atom is -0.297 e. The zero-order chi connectivity index (χ0) is 16.4. The maximum absolute atomic E-state index is 3.10. The zero-order valence-electron chi connectivity index (χ0n) is 16.3. The van der Waals surface area contributed by atoms with Crippen molar-refractivity contribution in [3.05, 3.63) is 0 Å². The molecule has 0 spiro atoms. The first-order chi connectivity index (χ1) is 11.9. The smallest absolute Gasteiger partial charge is 0.0271 e. The summed E-state index contributed by atoms with van der Waals surface area (Å²) in [5.74, 6) is 4.30. The van der Waals surface area contributed by atoms with Crippen molar-refractivity contribution in [2.24, 2.45) is 23.7 Å². The lowest BCUT2D eigenvalue weighted by Gasteiger charge is -2.52. The molecule has 0 bridgehead atoms. The molecule has 0 N–H and O–H groups in total. The summed E-state index contributed by atoms with van der Waals surface area (Å²) >= 11 is 0. The molecule has 1 nitrogen and oxygen atoms in total. The van der Waals surface area contributed by atoms with Crippen molar-refractivity contribution < 1.29 is 0 Å². The Morgan fingerprint density at radius 3 is 2.38 bits per heavy atom. The number of fused-ring (bicyclic) bond motifs is 1. The Labute approximate surface area is 151 Å². The summed E-state index contributed by atoms with van der Waals surface area (Å²) in [6.45, 7) is 5.24. The Morgan fingerprint density at radius 1 is 0.833 bits per heavy atom. The monoisotopic (exact) mass is 331 g/mol. The van der Waals surface area contributed by atoms with Crippen molar-refractivity contribution in [3.8, 4) is 0 Å². The van der Waals surface area contributed by atoms with Crippen LogP contribution in [0.4, 0.5) is 0 Å². The Hall–Kier alpha value is -0.0400. The standard InChI is InChI=1S/C23H41N/c1-2-3-5-15-22-21-14-10-11-19(21)18-23(22,20-12-6-7-13-20)24-16-8-4-9-17-24/h19-22H,2-18H2,1H3/t19-,21-,22+,23?/m1/s1. The first-order valence-electron chi connectivity index (χ1n) is 11.6. The van der Waals surface area contributed by atoms with Gasteiger partial charge in [0.25, 0.3) is 0 Å². The molecule has 3 saturated carbocycles. The fraction of sp³-hybridized carbons (Fsp3) is 1.00.